The van der Waals surface area contributed by atoms with Gasteiger partial charge >= 0.3 is 0 Å². The van der Waals surface area contributed by atoms with Gasteiger partial charge in [0.05, 0.1) is 20.6 Å². The van der Waals surface area contributed by atoms with Crippen LogP contribution in [0, 0.1) is 0 Å². The van der Waals surface area contributed by atoms with Gasteiger partial charge in [-0.1, -0.05) is 6.92 Å². The summed E-state index contributed by atoms with van der Waals surface area (Å²) >= 11 is 8.71. The van der Waals surface area contributed by atoms with Crippen LogP contribution in [0.2, 0.25) is 0 Å². The zero-order valence-corrected chi connectivity index (χ0v) is 13.4. The second-order valence-corrected chi connectivity index (χ2v) is 6.85. The maximum atomic E-state index is 5.57. The first kappa shape index (κ1) is 13.3. The zero-order chi connectivity index (χ0) is 12.3. The van der Waals surface area contributed by atoms with Crippen molar-refractivity contribution >= 4 is 43.2 Å². The molecule has 0 saturated heterocycles. The summed E-state index contributed by atoms with van der Waals surface area (Å²) in [5, 5.41) is 5.65. The maximum absolute atomic E-state index is 5.57. The molecule has 0 spiro atoms. The molecule has 0 saturated carbocycles. The van der Waals surface area contributed by atoms with Crippen molar-refractivity contribution in [3.8, 4) is 0 Å². The van der Waals surface area contributed by atoms with E-state index < -0.39 is 0 Å². The summed E-state index contributed by atoms with van der Waals surface area (Å²) in [6.45, 7) is 3.12. The van der Waals surface area contributed by atoms with Crippen LogP contribution in [0.25, 0.3) is 0 Å². The highest BCUT2D eigenvalue weighted by Crippen LogP contribution is 2.33. The Hall–Kier alpha value is -0.100. The van der Waals surface area contributed by atoms with Gasteiger partial charge in [-0.25, -0.2) is 0 Å². The summed E-state index contributed by atoms with van der Waals surface area (Å²) in [7, 11) is 0. The number of furan rings is 1. The van der Waals surface area contributed by atoms with E-state index in [0.717, 1.165) is 27.0 Å². The molecule has 0 aliphatic heterocycles. The lowest BCUT2D eigenvalue weighted by atomic mass is 10.1. The summed E-state index contributed by atoms with van der Waals surface area (Å²) in [6.07, 6.45) is 2.81. The largest absolute Gasteiger partial charge is 0.466 e. The Balaban J connectivity index is 2.28. The lowest BCUT2D eigenvalue weighted by molar-refractivity contribution is 0.445. The Kier molecular flexibility index (Phi) is 4.85. The van der Waals surface area contributed by atoms with Crippen molar-refractivity contribution in [3.05, 3.63) is 43.4 Å². The molecule has 2 rings (SSSR count). The third-order valence-corrected chi connectivity index (χ3v) is 4.60. The minimum absolute atomic E-state index is 0.113. The van der Waals surface area contributed by atoms with Gasteiger partial charge in [0.15, 0.2) is 0 Å². The van der Waals surface area contributed by atoms with Gasteiger partial charge in [-0.05, 0) is 67.9 Å². The average Bonchev–Trinajstić information content (AvgIpc) is 2.90. The number of thiophene rings is 1. The molecule has 0 bridgehead atoms. The van der Waals surface area contributed by atoms with Crippen molar-refractivity contribution < 1.29 is 4.42 Å². The number of nitrogens with one attached hydrogen (secondary N) is 1. The van der Waals surface area contributed by atoms with Gasteiger partial charge in [0, 0.05) is 0 Å². The average molecular weight is 379 g/mol. The molecular formula is C12H13Br2NOS. The van der Waals surface area contributed by atoms with E-state index in [-0.39, 0.29) is 6.04 Å². The summed E-state index contributed by atoms with van der Waals surface area (Å²) < 4.78 is 7.71. The molecule has 2 aromatic rings. The fourth-order valence-corrected chi connectivity index (χ4v) is 3.27. The normalized spacial score (nSPS) is 12.9. The van der Waals surface area contributed by atoms with Crippen LogP contribution in [0.4, 0.5) is 0 Å². The number of hydrogen-bond donors (Lipinski definition) is 1. The molecule has 1 atom stereocenters. The van der Waals surface area contributed by atoms with E-state index in [9.17, 15) is 0 Å². The van der Waals surface area contributed by atoms with Crippen molar-refractivity contribution in [3.63, 3.8) is 0 Å². The Morgan fingerprint density at radius 3 is 2.82 bits per heavy atom. The molecule has 0 aromatic carbocycles. The summed E-state index contributed by atoms with van der Waals surface area (Å²) in [5.41, 5.74) is 1.23. The quantitative estimate of drug-likeness (QED) is 0.795. The summed E-state index contributed by atoms with van der Waals surface area (Å²) in [6, 6.07) is 4.17. The first-order valence-electron chi connectivity index (χ1n) is 5.42. The molecular weight excluding hydrogens is 366 g/mol. The SMILES string of the molecule is CCCNC(c1csc(Br)c1)c1occc1Br. The van der Waals surface area contributed by atoms with Gasteiger partial charge in [-0.15, -0.1) is 11.3 Å². The number of halogens is 2. The van der Waals surface area contributed by atoms with Gasteiger partial charge in [0.25, 0.3) is 0 Å². The molecule has 2 heterocycles. The van der Waals surface area contributed by atoms with E-state index in [1.54, 1.807) is 17.6 Å². The topological polar surface area (TPSA) is 25.2 Å². The third kappa shape index (κ3) is 3.22. The summed E-state index contributed by atoms with van der Waals surface area (Å²) in [5.74, 6) is 0.934. The first-order chi connectivity index (χ1) is 8.22. The van der Waals surface area contributed by atoms with Crippen molar-refractivity contribution in [2.45, 2.75) is 19.4 Å². The third-order valence-electron chi connectivity index (χ3n) is 2.43. The van der Waals surface area contributed by atoms with Gasteiger partial charge < -0.3 is 9.73 Å². The minimum atomic E-state index is 0.113. The van der Waals surface area contributed by atoms with Crippen LogP contribution in [0.5, 0.6) is 0 Å². The van der Waals surface area contributed by atoms with E-state index in [2.05, 4.69) is 55.5 Å². The van der Waals surface area contributed by atoms with Crippen molar-refractivity contribution in [1.29, 1.82) is 0 Å². The van der Waals surface area contributed by atoms with Crippen LogP contribution in [0.3, 0.4) is 0 Å². The molecule has 0 radical (unpaired) electrons. The van der Waals surface area contributed by atoms with Crippen LogP contribution in [-0.4, -0.2) is 6.54 Å². The van der Waals surface area contributed by atoms with Crippen LogP contribution >= 0.6 is 43.2 Å². The van der Waals surface area contributed by atoms with E-state index >= 15 is 0 Å². The van der Waals surface area contributed by atoms with Gasteiger partial charge in [-0.2, -0.15) is 0 Å². The molecule has 5 heteroatoms. The Morgan fingerprint density at radius 2 is 2.29 bits per heavy atom. The molecule has 17 heavy (non-hydrogen) atoms. The van der Waals surface area contributed by atoms with Crippen molar-refractivity contribution in [2.24, 2.45) is 0 Å². The number of rotatable bonds is 5. The van der Waals surface area contributed by atoms with E-state index in [0.29, 0.717) is 0 Å². The van der Waals surface area contributed by atoms with Crippen LogP contribution < -0.4 is 5.32 Å². The number of hydrogen-bond acceptors (Lipinski definition) is 3. The molecule has 0 aliphatic rings. The van der Waals surface area contributed by atoms with Crippen molar-refractivity contribution in [1.82, 2.24) is 5.32 Å². The highest BCUT2D eigenvalue weighted by Gasteiger charge is 2.20. The van der Waals surface area contributed by atoms with Gasteiger partial charge in [0.2, 0.25) is 0 Å². The Bertz CT molecular complexity index is 480. The lowest BCUT2D eigenvalue weighted by Crippen LogP contribution is -2.22. The van der Waals surface area contributed by atoms with Crippen LogP contribution in [-0.2, 0) is 0 Å². The fraction of sp³-hybridized carbons (Fsp3) is 0.333. The van der Waals surface area contributed by atoms with E-state index in [1.165, 1.54) is 5.56 Å². The molecule has 0 fully saturated rings. The van der Waals surface area contributed by atoms with Crippen LogP contribution in [0.1, 0.15) is 30.7 Å². The highest BCUT2D eigenvalue weighted by molar-refractivity contribution is 9.11. The highest BCUT2D eigenvalue weighted by atomic mass is 79.9. The monoisotopic (exact) mass is 377 g/mol. The fourth-order valence-electron chi connectivity index (χ4n) is 1.64. The molecule has 1 N–H and O–H groups in total. The molecule has 0 amide bonds. The second kappa shape index (κ2) is 6.18. The smallest absolute Gasteiger partial charge is 0.139 e. The van der Waals surface area contributed by atoms with Crippen molar-refractivity contribution in [2.75, 3.05) is 6.54 Å². The lowest BCUT2D eigenvalue weighted by Gasteiger charge is -2.15. The predicted octanol–water partition coefficient (Wildman–Crippen LogP) is 4.96. The molecule has 2 aromatic heterocycles. The maximum Gasteiger partial charge on any atom is 0.139 e. The molecule has 2 nitrogen and oxygen atoms in total. The Morgan fingerprint density at radius 1 is 1.47 bits per heavy atom. The standard InChI is InChI=1S/C12H13Br2NOS/c1-2-4-15-11(8-6-10(14)17-7-8)12-9(13)3-5-16-12/h3,5-7,11,15H,2,4H2,1H3. The minimum Gasteiger partial charge on any atom is -0.466 e. The van der Waals surface area contributed by atoms with E-state index in [1.807, 2.05) is 6.07 Å². The van der Waals surface area contributed by atoms with Gasteiger partial charge in [0.1, 0.15) is 5.76 Å². The molecule has 92 valence electrons. The molecule has 0 aliphatic carbocycles. The van der Waals surface area contributed by atoms with Crippen LogP contribution in [0.15, 0.2) is 36.5 Å². The van der Waals surface area contributed by atoms with Gasteiger partial charge in [-0.3, -0.25) is 0 Å². The summed E-state index contributed by atoms with van der Waals surface area (Å²) in [4.78, 5) is 0. The molecule has 1 unspecified atom stereocenters. The zero-order valence-electron chi connectivity index (χ0n) is 9.37. The Labute approximate surface area is 122 Å². The first-order valence-corrected chi connectivity index (χ1v) is 7.89. The predicted molar refractivity (Wildman–Crippen MR) is 78.6 cm³/mol. The van der Waals surface area contributed by atoms with E-state index in [4.69, 9.17) is 4.42 Å². The second-order valence-electron chi connectivity index (χ2n) is 3.70.